The van der Waals surface area contributed by atoms with Gasteiger partial charge < -0.3 is 40.3 Å². The molecule has 1 heterocycles. The topological polar surface area (TPSA) is 149 Å². The van der Waals surface area contributed by atoms with Crippen LogP contribution < -0.4 is 5.32 Å². The van der Waals surface area contributed by atoms with Gasteiger partial charge in [0, 0.05) is 6.42 Å². The molecule has 7 atom stereocenters. The lowest BCUT2D eigenvalue weighted by molar-refractivity contribution is -0.302. The third kappa shape index (κ3) is 48.5. The number of amides is 1. The van der Waals surface area contributed by atoms with Crippen molar-refractivity contribution in [2.75, 3.05) is 13.2 Å². The first-order chi connectivity index (χ1) is 39.3. The van der Waals surface area contributed by atoms with Gasteiger partial charge in [0.2, 0.25) is 5.91 Å². The van der Waals surface area contributed by atoms with Gasteiger partial charge in [-0.3, -0.25) is 4.79 Å². The van der Waals surface area contributed by atoms with Crippen molar-refractivity contribution in [2.45, 2.75) is 384 Å². The second kappa shape index (κ2) is 60.3. The van der Waals surface area contributed by atoms with E-state index in [1.807, 2.05) is 6.08 Å². The van der Waals surface area contributed by atoms with E-state index in [2.05, 4.69) is 55.6 Å². The number of allylic oxidation sites excluding steroid dienone is 7. The Kier molecular flexibility index (Phi) is 57.4. The first-order valence-electron chi connectivity index (χ1n) is 34.9. The Morgan fingerprint density at radius 2 is 0.738 bits per heavy atom. The molecule has 1 aliphatic rings. The maximum absolute atomic E-state index is 13.1. The van der Waals surface area contributed by atoms with Crippen molar-refractivity contribution < 1.29 is 39.8 Å². The summed E-state index contributed by atoms with van der Waals surface area (Å²) in [4.78, 5) is 13.1. The number of nitrogens with one attached hydrogen (secondary N) is 1. The van der Waals surface area contributed by atoms with Gasteiger partial charge in [-0.25, -0.2) is 0 Å². The van der Waals surface area contributed by atoms with Crippen LogP contribution in [-0.4, -0.2) is 87.5 Å². The van der Waals surface area contributed by atoms with Crippen LogP contribution >= 0.6 is 0 Å². The molecule has 0 spiro atoms. The van der Waals surface area contributed by atoms with Crippen LogP contribution in [0.5, 0.6) is 0 Å². The van der Waals surface area contributed by atoms with Crippen LogP contribution in [0.25, 0.3) is 0 Å². The molecule has 0 saturated carbocycles. The molecular weight excluding hydrogens is 995 g/mol. The third-order valence-electron chi connectivity index (χ3n) is 16.6. The number of aliphatic hydroxyl groups excluding tert-OH is 5. The lowest BCUT2D eigenvalue weighted by Gasteiger charge is -2.40. The fourth-order valence-corrected chi connectivity index (χ4v) is 11.2. The molecule has 1 fully saturated rings. The predicted molar refractivity (Wildman–Crippen MR) is 341 cm³/mol. The quantitative estimate of drug-likeness (QED) is 0.0261. The van der Waals surface area contributed by atoms with Crippen LogP contribution in [0.2, 0.25) is 0 Å². The lowest BCUT2D eigenvalue weighted by Crippen LogP contribution is -2.60. The maximum Gasteiger partial charge on any atom is 0.220 e. The van der Waals surface area contributed by atoms with E-state index in [-0.39, 0.29) is 12.5 Å². The Morgan fingerprint density at radius 3 is 1.09 bits per heavy atom. The Balaban J connectivity index is 2.08. The molecule has 0 aromatic heterocycles. The zero-order valence-electron chi connectivity index (χ0n) is 52.6. The van der Waals surface area contributed by atoms with E-state index in [0.717, 1.165) is 51.4 Å². The number of hydrogen-bond acceptors (Lipinski definition) is 8. The summed E-state index contributed by atoms with van der Waals surface area (Å²) in [5.74, 6) is -0.171. The molecule has 1 amide bonds. The fraction of sp³-hybridized carbons (Fsp3) is 0.873. The average molecular weight is 1130 g/mol. The van der Waals surface area contributed by atoms with Crippen molar-refractivity contribution in [3.8, 4) is 0 Å². The second-order valence-corrected chi connectivity index (χ2v) is 24.3. The summed E-state index contributed by atoms with van der Waals surface area (Å²) in [6.07, 6.45) is 75.0. The smallest absolute Gasteiger partial charge is 0.220 e. The molecule has 0 aliphatic carbocycles. The number of aliphatic hydroxyl groups is 5. The summed E-state index contributed by atoms with van der Waals surface area (Å²) in [6, 6.07) is -0.805. The highest BCUT2D eigenvalue weighted by molar-refractivity contribution is 5.76. The maximum atomic E-state index is 13.1. The fourth-order valence-electron chi connectivity index (χ4n) is 11.2. The third-order valence-corrected chi connectivity index (χ3v) is 16.6. The molecule has 7 unspecified atom stereocenters. The second-order valence-electron chi connectivity index (χ2n) is 24.3. The van der Waals surface area contributed by atoms with E-state index in [0.29, 0.717) is 6.42 Å². The van der Waals surface area contributed by atoms with Crippen molar-refractivity contribution >= 4 is 5.91 Å². The molecule has 0 radical (unpaired) electrons. The molecule has 1 saturated heterocycles. The molecule has 6 N–H and O–H groups in total. The molecule has 0 aromatic rings. The van der Waals surface area contributed by atoms with Crippen LogP contribution in [0.15, 0.2) is 48.6 Å². The predicted octanol–water partition coefficient (Wildman–Crippen LogP) is 18.8. The number of carbonyl (C=O) groups is 1. The van der Waals surface area contributed by atoms with E-state index < -0.39 is 49.5 Å². The molecular formula is C71H133NO8. The molecule has 470 valence electrons. The lowest BCUT2D eigenvalue weighted by atomic mass is 9.99. The highest BCUT2D eigenvalue weighted by Gasteiger charge is 2.44. The Bertz CT molecular complexity index is 1400. The largest absolute Gasteiger partial charge is 0.394 e. The van der Waals surface area contributed by atoms with Crippen molar-refractivity contribution in [1.29, 1.82) is 0 Å². The van der Waals surface area contributed by atoms with Gasteiger partial charge >= 0.3 is 0 Å². The van der Waals surface area contributed by atoms with Gasteiger partial charge in [0.05, 0.1) is 25.4 Å². The summed E-state index contributed by atoms with van der Waals surface area (Å²) in [5, 5.41) is 54.7. The van der Waals surface area contributed by atoms with Crippen LogP contribution in [0.1, 0.15) is 341 Å². The highest BCUT2D eigenvalue weighted by Crippen LogP contribution is 2.23. The van der Waals surface area contributed by atoms with Crippen LogP contribution in [0.4, 0.5) is 0 Å². The zero-order valence-corrected chi connectivity index (χ0v) is 52.6. The van der Waals surface area contributed by atoms with Crippen molar-refractivity contribution in [3.05, 3.63) is 48.6 Å². The standard InChI is InChI=1S/C71H133NO8/c1-3-5-7-9-11-13-15-17-19-21-23-25-26-27-28-29-30-31-32-33-34-35-36-37-38-39-40-41-43-45-47-49-51-53-55-57-59-61-67(75)72-64(63-79-71-70(78)69(77)68(76)66(62-73)80-71)65(74)60-58-56-54-52-50-48-46-44-42-24-22-20-18-16-14-12-10-8-6-4-2/h15,17,21,23,26-27,58,60,64-66,68-71,73-74,76-78H,3-14,16,18-20,22,24-25,28-57,59,61-63H2,1-2H3,(H,72,75)/b17-15-,23-21-,27-26-,60-58+. The molecule has 1 rings (SSSR count). The Hall–Kier alpha value is -1.85. The number of carbonyl (C=O) groups excluding carboxylic acids is 1. The molecule has 80 heavy (non-hydrogen) atoms. The summed E-state index contributed by atoms with van der Waals surface area (Å²) in [7, 11) is 0. The van der Waals surface area contributed by atoms with Gasteiger partial charge in [0.25, 0.3) is 0 Å². The van der Waals surface area contributed by atoms with E-state index >= 15 is 0 Å². The van der Waals surface area contributed by atoms with Crippen LogP contribution in [0, 0.1) is 0 Å². The van der Waals surface area contributed by atoms with Crippen LogP contribution in [-0.2, 0) is 14.3 Å². The van der Waals surface area contributed by atoms with E-state index in [1.54, 1.807) is 6.08 Å². The number of hydrogen-bond donors (Lipinski definition) is 6. The summed E-state index contributed by atoms with van der Waals surface area (Å²) < 4.78 is 11.3. The van der Waals surface area contributed by atoms with Crippen molar-refractivity contribution in [2.24, 2.45) is 0 Å². The Labute approximate surface area is 494 Å². The van der Waals surface area contributed by atoms with Gasteiger partial charge in [0.1, 0.15) is 24.4 Å². The Morgan fingerprint density at radius 1 is 0.425 bits per heavy atom. The summed E-state index contributed by atoms with van der Waals surface area (Å²) >= 11 is 0. The molecule has 1 aliphatic heterocycles. The molecule has 9 nitrogen and oxygen atoms in total. The minimum Gasteiger partial charge on any atom is -0.394 e. The zero-order chi connectivity index (χ0) is 57.9. The first kappa shape index (κ1) is 76.2. The first-order valence-corrected chi connectivity index (χ1v) is 34.9. The van der Waals surface area contributed by atoms with E-state index in [9.17, 15) is 30.3 Å². The monoisotopic (exact) mass is 1130 g/mol. The molecule has 0 aromatic carbocycles. The summed E-state index contributed by atoms with van der Waals surface area (Å²) in [6.45, 7) is 3.81. The highest BCUT2D eigenvalue weighted by atomic mass is 16.7. The van der Waals surface area contributed by atoms with Crippen molar-refractivity contribution in [3.63, 3.8) is 0 Å². The van der Waals surface area contributed by atoms with E-state index in [4.69, 9.17) is 9.47 Å². The SMILES string of the molecule is CCCCCCC/C=C\C/C=C\C/C=C\CCCCCCCCCCCCCCCCCCCCCCCCC(=O)NC(COC1OC(CO)C(O)C(O)C1O)C(O)/C=C/CCCCCCCCCCCCCCCCCCCC. The molecule has 9 heteroatoms. The van der Waals surface area contributed by atoms with Crippen molar-refractivity contribution in [1.82, 2.24) is 5.32 Å². The minimum atomic E-state index is -1.57. The average Bonchev–Trinajstić information content (AvgIpc) is 3.46. The van der Waals surface area contributed by atoms with Gasteiger partial charge in [0.15, 0.2) is 6.29 Å². The molecule has 0 bridgehead atoms. The van der Waals surface area contributed by atoms with Gasteiger partial charge in [-0.1, -0.05) is 326 Å². The summed E-state index contributed by atoms with van der Waals surface area (Å²) in [5.41, 5.74) is 0. The number of ether oxygens (including phenoxy) is 2. The van der Waals surface area contributed by atoms with Gasteiger partial charge in [-0.2, -0.15) is 0 Å². The number of rotatable bonds is 61. The van der Waals surface area contributed by atoms with Gasteiger partial charge in [-0.15, -0.1) is 0 Å². The minimum absolute atomic E-state index is 0.171. The van der Waals surface area contributed by atoms with Gasteiger partial charge in [-0.05, 0) is 57.8 Å². The van der Waals surface area contributed by atoms with E-state index in [1.165, 1.54) is 270 Å². The van der Waals surface area contributed by atoms with Crippen LogP contribution in [0.3, 0.4) is 0 Å². The normalized spacial score (nSPS) is 18.7. The number of unbranched alkanes of at least 4 members (excludes halogenated alkanes) is 45.